The molecule has 2 amide bonds. The Hall–Kier alpha value is -0.700. The molecule has 0 aromatic rings. The quantitative estimate of drug-likeness (QED) is 0.721. The Bertz CT molecular complexity index is 218. The summed E-state index contributed by atoms with van der Waals surface area (Å²) in [6, 6.07) is 0.182. The minimum absolute atomic E-state index is 0.154. The molecule has 0 aliphatic heterocycles. The molecule has 2 unspecified atom stereocenters. The van der Waals surface area contributed by atoms with Gasteiger partial charge in [0.15, 0.2) is 0 Å². The zero-order valence-corrected chi connectivity index (χ0v) is 8.53. The van der Waals surface area contributed by atoms with E-state index >= 15 is 0 Å². The van der Waals surface area contributed by atoms with Crippen molar-refractivity contribution in [2.45, 2.75) is 25.8 Å². The lowest BCUT2D eigenvalue weighted by atomic mass is 9.81. The minimum Gasteiger partial charge on any atom is -0.335 e. The maximum absolute atomic E-state index is 11.2. The molecule has 74 valence electrons. The summed E-state index contributed by atoms with van der Waals surface area (Å²) in [6.07, 6.45) is 2.28. The van der Waals surface area contributed by atoms with E-state index in [9.17, 15) is 4.79 Å². The molecule has 2 N–H and O–H groups in total. The molecule has 1 aliphatic carbocycles. The summed E-state index contributed by atoms with van der Waals surface area (Å²) in [7, 11) is 0. The lowest BCUT2D eigenvalue weighted by Crippen LogP contribution is -2.49. The summed E-state index contributed by atoms with van der Waals surface area (Å²) in [4.78, 5) is 11.2. The van der Waals surface area contributed by atoms with Crippen molar-refractivity contribution in [3.8, 4) is 0 Å². The maximum Gasteiger partial charge on any atom is 0.315 e. The molecule has 0 radical (unpaired) electrons. The number of hydrogen-bond donors (Lipinski definition) is 2. The normalized spacial score (nSPS) is 26.0. The SMILES string of the molecule is C=C(Cl)CNC(=O)NC1CCC1C. The van der Waals surface area contributed by atoms with Gasteiger partial charge in [-0.3, -0.25) is 0 Å². The van der Waals surface area contributed by atoms with E-state index in [0.29, 0.717) is 23.5 Å². The second-order valence-electron chi connectivity index (χ2n) is 3.51. The second-order valence-corrected chi connectivity index (χ2v) is 4.04. The van der Waals surface area contributed by atoms with Gasteiger partial charge in [0.1, 0.15) is 0 Å². The monoisotopic (exact) mass is 202 g/mol. The Morgan fingerprint density at radius 1 is 1.62 bits per heavy atom. The fraction of sp³-hybridized carbons (Fsp3) is 0.667. The third kappa shape index (κ3) is 3.27. The van der Waals surface area contributed by atoms with Crippen molar-refractivity contribution in [2.24, 2.45) is 5.92 Å². The van der Waals surface area contributed by atoms with Crippen molar-refractivity contribution in [3.63, 3.8) is 0 Å². The molecule has 0 heterocycles. The number of carbonyl (C=O) groups is 1. The number of carbonyl (C=O) groups excluding carboxylic acids is 1. The molecule has 2 atom stereocenters. The number of amides is 2. The van der Waals surface area contributed by atoms with Gasteiger partial charge >= 0.3 is 6.03 Å². The van der Waals surface area contributed by atoms with Crippen LogP contribution in [0.15, 0.2) is 11.6 Å². The van der Waals surface area contributed by atoms with Crippen LogP contribution in [0.1, 0.15) is 19.8 Å². The standard InChI is InChI=1S/C9H15ClN2O/c1-6-3-4-8(6)12-9(13)11-5-7(2)10/h6,8H,2-5H2,1H3,(H2,11,12,13). The number of hydrogen-bond acceptors (Lipinski definition) is 1. The summed E-state index contributed by atoms with van der Waals surface area (Å²) in [5, 5.41) is 5.93. The van der Waals surface area contributed by atoms with Crippen LogP contribution < -0.4 is 10.6 Å². The largest absolute Gasteiger partial charge is 0.335 e. The molecule has 1 rings (SSSR count). The van der Waals surface area contributed by atoms with E-state index in [-0.39, 0.29) is 6.03 Å². The zero-order valence-electron chi connectivity index (χ0n) is 7.77. The van der Waals surface area contributed by atoms with Crippen molar-refractivity contribution in [3.05, 3.63) is 11.6 Å². The Morgan fingerprint density at radius 3 is 2.69 bits per heavy atom. The van der Waals surface area contributed by atoms with Crippen LogP contribution in [0, 0.1) is 5.92 Å². The van der Waals surface area contributed by atoms with E-state index in [2.05, 4.69) is 24.1 Å². The van der Waals surface area contributed by atoms with Gasteiger partial charge in [0.2, 0.25) is 0 Å². The average molecular weight is 203 g/mol. The smallest absolute Gasteiger partial charge is 0.315 e. The van der Waals surface area contributed by atoms with Gasteiger partial charge in [0, 0.05) is 11.1 Å². The van der Waals surface area contributed by atoms with Gasteiger partial charge in [-0.2, -0.15) is 0 Å². The second kappa shape index (κ2) is 4.51. The van der Waals surface area contributed by atoms with Crippen LogP contribution in [0.5, 0.6) is 0 Å². The highest BCUT2D eigenvalue weighted by Gasteiger charge is 2.27. The summed E-state index contributed by atoms with van der Waals surface area (Å²) in [5.41, 5.74) is 0. The van der Waals surface area contributed by atoms with E-state index in [1.165, 1.54) is 6.42 Å². The molecule has 4 heteroatoms. The molecule has 1 aliphatic rings. The fourth-order valence-corrected chi connectivity index (χ4v) is 1.34. The van der Waals surface area contributed by atoms with Crippen molar-refractivity contribution in [1.29, 1.82) is 0 Å². The summed E-state index contributed by atoms with van der Waals surface area (Å²) < 4.78 is 0. The molecular weight excluding hydrogens is 188 g/mol. The van der Waals surface area contributed by atoms with Gasteiger partial charge in [0.25, 0.3) is 0 Å². The Balaban J connectivity index is 2.14. The Labute approximate surface area is 83.5 Å². The van der Waals surface area contributed by atoms with Gasteiger partial charge in [-0.15, -0.1) is 0 Å². The van der Waals surface area contributed by atoms with Gasteiger partial charge in [-0.05, 0) is 18.8 Å². The van der Waals surface area contributed by atoms with E-state index in [1.54, 1.807) is 0 Å². The van der Waals surface area contributed by atoms with Gasteiger partial charge in [0.05, 0.1) is 6.54 Å². The average Bonchev–Trinajstić information content (AvgIpc) is 2.08. The van der Waals surface area contributed by atoms with Crippen molar-refractivity contribution < 1.29 is 4.79 Å². The highest BCUT2D eigenvalue weighted by Crippen LogP contribution is 2.26. The van der Waals surface area contributed by atoms with Gasteiger partial charge in [-0.25, -0.2) is 4.79 Å². The maximum atomic E-state index is 11.2. The lowest BCUT2D eigenvalue weighted by Gasteiger charge is -2.34. The summed E-state index contributed by atoms with van der Waals surface area (Å²) >= 11 is 5.50. The third-order valence-corrected chi connectivity index (χ3v) is 2.51. The Morgan fingerprint density at radius 2 is 2.31 bits per heavy atom. The Kier molecular flexibility index (Phi) is 3.60. The lowest BCUT2D eigenvalue weighted by molar-refractivity contribution is 0.205. The van der Waals surface area contributed by atoms with Gasteiger partial charge < -0.3 is 10.6 Å². The molecule has 0 spiro atoms. The highest BCUT2D eigenvalue weighted by atomic mass is 35.5. The van der Waals surface area contributed by atoms with E-state index in [4.69, 9.17) is 11.6 Å². The molecular formula is C9H15ClN2O. The minimum atomic E-state index is -0.154. The van der Waals surface area contributed by atoms with Crippen molar-refractivity contribution in [2.75, 3.05) is 6.54 Å². The van der Waals surface area contributed by atoms with E-state index in [1.807, 2.05) is 0 Å². The topological polar surface area (TPSA) is 41.1 Å². The molecule has 0 saturated heterocycles. The summed E-state index contributed by atoms with van der Waals surface area (Å²) in [6.45, 7) is 5.94. The molecule has 3 nitrogen and oxygen atoms in total. The van der Waals surface area contributed by atoms with Crippen LogP contribution in [0.25, 0.3) is 0 Å². The van der Waals surface area contributed by atoms with Crippen LogP contribution in [-0.2, 0) is 0 Å². The van der Waals surface area contributed by atoms with E-state index < -0.39 is 0 Å². The predicted molar refractivity (Wildman–Crippen MR) is 53.7 cm³/mol. The third-order valence-electron chi connectivity index (χ3n) is 2.38. The van der Waals surface area contributed by atoms with Crippen LogP contribution in [0.3, 0.4) is 0 Å². The molecule has 0 bridgehead atoms. The summed E-state index contributed by atoms with van der Waals surface area (Å²) in [5.74, 6) is 0.602. The molecule has 0 aromatic carbocycles. The zero-order chi connectivity index (χ0) is 9.84. The molecule has 1 saturated carbocycles. The molecule has 1 fully saturated rings. The first kappa shape index (κ1) is 10.4. The predicted octanol–water partition coefficient (Wildman–Crippen LogP) is 1.84. The fourth-order valence-electron chi connectivity index (χ4n) is 1.28. The van der Waals surface area contributed by atoms with Crippen LogP contribution in [-0.4, -0.2) is 18.6 Å². The van der Waals surface area contributed by atoms with Crippen molar-refractivity contribution in [1.82, 2.24) is 10.6 Å². The van der Waals surface area contributed by atoms with Crippen molar-refractivity contribution >= 4 is 17.6 Å². The van der Waals surface area contributed by atoms with Crippen LogP contribution in [0.4, 0.5) is 4.79 Å². The highest BCUT2D eigenvalue weighted by molar-refractivity contribution is 6.29. The first-order valence-electron chi connectivity index (χ1n) is 4.47. The number of nitrogens with one attached hydrogen (secondary N) is 2. The molecule has 13 heavy (non-hydrogen) atoms. The number of urea groups is 1. The van der Waals surface area contributed by atoms with Crippen LogP contribution in [0.2, 0.25) is 0 Å². The first-order chi connectivity index (χ1) is 6.09. The van der Waals surface area contributed by atoms with Gasteiger partial charge in [-0.1, -0.05) is 25.1 Å². The number of halogens is 1. The molecule has 0 aromatic heterocycles. The first-order valence-corrected chi connectivity index (χ1v) is 4.85. The number of rotatable bonds is 3. The van der Waals surface area contributed by atoms with Crippen LogP contribution >= 0.6 is 11.6 Å². The van der Waals surface area contributed by atoms with E-state index in [0.717, 1.165) is 6.42 Å².